The van der Waals surface area contributed by atoms with E-state index in [1.165, 1.54) is 0 Å². The SMILES string of the molecule is CC(c1ccc(Cl)cc1)N(C)CC(=O)Nc1ccc(C(N)=O)cc1. The van der Waals surface area contributed by atoms with E-state index < -0.39 is 5.91 Å². The van der Waals surface area contributed by atoms with Gasteiger partial charge in [0.1, 0.15) is 0 Å². The molecule has 0 aromatic heterocycles. The average molecular weight is 346 g/mol. The van der Waals surface area contributed by atoms with Gasteiger partial charge in [0, 0.05) is 22.3 Å². The lowest BCUT2D eigenvalue weighted by molar-refractivity contribution is -0.117. The van der Waals surface area contributed by atoms with Crippen LogP contribution in [0.5, 0.6) is 0 Å². The van der Waals surface area contributed by atoms with Crippen LogP contribution in [0.1, 0.15) is 28.9 Å². The zero-order chi connectivity index (χ0) is 17.7. The van der Waals surface area contributed by atoms with E-state index in [1.54, 1.807) is 24.3 Å². The van der Waals surface area contributed by atoms with Crippen molar-refractivity contribution in [2.75, 3.05) is 18.9 Å². The molecule has 0 aliphatic carbocycles. The van der Waals surface area contributed by atoms with E-state index in [0.29, 0.717) is 16.3 Å². The molecule has 0 aliphatic heterocycles. The maximum atomic E-state index is 12.2. The number of primary amides is 1. The normalized spacial score (nSPS) is 12.0. The van der Waals surface area contributed by atoms with E-state index in [1.807, 2.05) is 43.1 Å². The highest BCUT2D eigenvalue weighted by atomic mass is 35.5. The molecule has 2 amide bonds. The maximum Gasteiger partial charge on any atom is 0.248 e. The number of likely N-dealkylation sites (N-methyl/N-ethyl adjacent to an activating group) is 1. The molecule has 6 heteroatoms. The number of hydrogen-bond acceptors (Lipinski definition) is 3. The number of anilines is 1. The summed E-state index contributed by atoms with van der Waals surface area (Å²) >= 11 is 5.89. The van der Waals surface area contributed by atoms with Crippen molar-refractivity contribution in [2.45, 2.75) is 13.0 Å². The molecule has 0 heterocycles. The Bertz CT molecular complexity index is 714. The van der Waals surface area contributed by atoms with Gasteiger partial charge >= 0.3 is 0 Å². The van der Waals surface area contributed by atoms with Crippen molar-refractivity contribution in [2.24, 2.45) is 5.73 Å². The van der Waals surface area contributed by atoms with Crippen molar-refractivity contribution in [3.63, 3.8) is 0 Å². The van der Waals surface area contributed by atoms with E-state index in [9.17, 15) is 9.59 Å². The van der Waals surface area contributed by atoms with Crippen LogP contribution in [0.2, 0.25) is 5.02 Å². The summed E-state index contributed by atoms with van der Waals surface area (Å²) in [6.45, 7) is 2.26. The molecule has 1 atom stereocenters. The highest BCUT2D eigenvalue weighted by molar-refractivity contribution is 6.30. The molecule has 0 bridgehead atoms. The molecule has 5 nitrogen and oxygen atoms in total. The van der Waals surface area contributed by atoms with Gasteiger partial charge in [0.15, 0.2) is 0 Å². The second kappa shape index (κ2) is 7.95. The van der Waals surface area contributed by atoms with Crippen LogP contribution in [-0.2, 0) is 4.79 Å². The number of halogens is 1. The molecule has 2 aromatic carbocycles. The van der Waals surface area contributed by atoms with Crippen LogP contribution in [0.15, 0.2) is 48.5 Å². The summed E-state index contributed by atoms with van der Waals surface area (Å²) in [5, 5.41) is 3.49. The highest BCUT2D eigenvalue weighted by Gasteiger charge is 2.15. The summed E-state index contributed by atoms with van der Waals surface area (Å²) in [7, 11) is 1.88. The van der Waals surface area contributed by atoms with Crippen molar-refractivity contribution in [3.8, 4) is 0 Å². The van der Waals surface area contributed by atoms with Gasteiger partial charge in [-0.15, -0.1) is 0 Å². The number of amides is 2. The van der Waals surface area contributed by atoms with E-state index in [0.717, 1.165) is 5.56 Å². The molecule has 0 fully saturated rings. The summed E-state index contributed by atoms with van der Waals surface area (Å²) in [4.78, 5) is 25.1. The molecule has 126 valence electrons. The fourth-order valence-electron chi connectivity index (χ4n) is 2.28. The molecule has 3 N–H and O–H groups in total. The third-order valence-corrected chi connectivity index (χ3v) is 4.11. The van der Waals surface area contributed by atoms with Gasteiger partial charge in [-0.3, -0.25) is 14.5 Å². The van der Waals surface area contributed by atoms with Crippen molar-refractivity contribution in [1.82, 2.24) is 4.90 Å². The van der Waals surface area contributed by atoms with Gasteiger partial charge in [-0.1, -0.05) is 23.7 Å². The van der Waals surface area contributed by atoms with E-state index in [-0.39, 0.29) is 18.5 Å². The van der Waals surface area contributed by atoms with Gasteiger partial charge in [-0.25, -0.2) is 0 Å². The van der Waals surface area contributed by atoms with Crippen molar-refractivity contribution < 1.29 is 9.59 Å². The predicted molar refractivity (Wildman–Crippen MR) is 96.1 cm³/mol. The molecule has 0 saturated carbocycles. The quantitative estimate of drug-likeness (QED) is 0.844. The third kappa shape index (κ3) is 4.81. The molecule has 0 radical (unpaired) electrons. The first-order valence-electron chi connectivity index (χ1n) is 7.52. The van der Waals surface area contributed by atoms with Gasteiger partial charge in [-0.2, -0.15) is 0 Å². The fourth-order valence-corrected chi connectivity index (χ4v) is 2.40. The minimum atomic E-state index is -0.496. The van der Waals surface area contributed by atoms with Crippen molar-refractivity contribution in [3.05, 3.63) is 64.7 Å². The van der Waals surface area contributed by atoms with Crippen LogP contribution in [-0.4, -0.2) is 30.3 Å². The van der Waals surface area contributed by atoms with Crippen LogP contribution in [0.4, 0.5) is 5.69 Å². The number of rotatable bonds is 6. The molecule has 1 unspecified atom stereocenters. The largest absolute Gasteiger partial charge is 0.366 e. The number of carbonyl (C=O) groups is 2. The molecule has 0 saturated heterocycles. The first-order valence-corrected chi connectivity index (χ1v) is 7.90. The molecule has 2 aromatic rings. The van der Waals surface area contributed by atoms with E-state index >= 15 is 0 Å². The third-order valence-electron chi connectivity index (χ3n) is 3.86. The molecular formula is C18H20ClN3O2. The van der Waals surface area contributed by atoms with E-state index in [2.05, 4.69) is 5.32 Å². The Labute approximate surface area is 146 Å². The average Bonchev–Trinajstić information content (AvgIpc) is 2.55. The molecule has 2 rings (SSSR count). The standard InChI is InChI=1S/C18H20ClN3O2/c1-12(13-3-7-15(19)8-4-13)22(2)11-17(23)21-16-9-5-14(6-10-16)18(20)24/h3-10,12H,11H2,1-2H3,(H2,20,24)(H,21,23). The number of benzene rings is 2. The Morgan fingerprint density at radius 3 is 2.25 bits per heavy atom. The van der Waals surface area contributed by atoms with Crippen LogP contribution in [0.3, 0.4) is 0 Å². The van der Waals surface area contributed by atoms with E-state index in [4.69, 9.17) is 17.3 Å². The Kier molecular flexibility index (Phi) is 5.95. The summed E-state index contributed by atoms with van der Waals surface area (Å²) < 4.78 is 0. The predicted octanol–water partition coefficient (Wildman–Crippen LogP) is 3.07. The van der Waals surface area contributed by atoms with Crippen LogP contribution in [0.25, 0.3) is 0 Å². The number of hydrogen-bond donors (Lipinski definition) is 2. The number of nitrogens with zero attached hydrogens (tertiary/aromatic N) is 1. The minimum Gasteiger partial charge on any atom is -0.366 e. The molecule has 0 spiro atoms. The summed E-state index contributed by atoms with van der Waals surface area (Å²) in [5.41, 5.74) is 7.30. The highest BCUT2D eigenvalue weighted by Crippen LogP contribution is 2.20. The lowest BCUT2D eigenvalue weighted by atomic mass is 10.1. The second-order valence-corrected chi connectivity index (χ2v) is 6.07. The summed E-state index contributed by atoms with van der Waals surface area (Å²) in [5.74, 6) is -0.630. The van der Waals surface area contributed by atoms with Crippen LogP contribution in [0, 0.1) is 0 Å². The van der Waals surface area contributed by atoms with Gasteiger partial charge in [-0.05, 0) is 55.9 Å². The number of carbonyl (C=O) groups excluding carboxylic acids is 2. The molecule has 0 aliphatic rings. The minimum absolute atomic E-state index is 0.0743. The van der Waals surface area contributed by atoms with Gasteiger partial charge in [0.05, 0.1) is 6.54 Å². The topological polar surface area (TPSA) is 75.4 Å². The van der Waals surface area contributed by atoms with Gasteiger partial charge < -0.3 is 11.1 Å². The fraction of sp³-hybridized carbons (Fsp3) is 0.222. The van der Waals surface area contributed by atoms with Gasteiger partial charge in [0.25, 0.3) is 0 Å². The Balaban J connectivity index is 1.93. The van der Waals surface area contributed by atoms with Crippen molar-refractivity contribution >= 4 is 29.1 Å². The Morgan fingerprint density at radius 2 is 1.71 bits per heavy atom. The van der Waals surface area contributed by atoms with Crippen LogP contribution >= 0.6 is 11.6 Å². The Morgan fingerprint density at radius 1 is 1.12 bits per heavy atom. The lowest BCUT2D eigenvalue weighted by Crippen LogP contribution is -2.32. The molecular weight excluding hydrogens is 326 g/mol. The summed E-state index contributed by atoms with van der Waals surface area (Å²) in [6.07, 6.45) is 0. The Hall–Kier alpha value is -2.37. The first-order chi connectivity index (χ1) is 11.4. The first kappa shape index (κ1) is 18.0. The zero-order valence-electron chi connectivity index (χ0n) is 13.6. The zero-order valence-corrected chi connectivity index (χ0v) is 14.4. The second-order valence-electron chi connectivity index (χ2n) is 5.63. The van der Waals surface area contributed by atoms with Crippen LogP contribution < -0.4 is 11.1 Å². The lowest BCUT2D eigenvalue weighted by Gasteiger charge is -2.24. The maximum absolute atomic E-state index is 12.2. The number of nitrogens with two attached hydrogens (primary N) is 1. The number of nitrogens with one attached hydrogen (secondary N) is 1. The van der Waals surface area contributed by atoms with Crippen molar-refractivity contribution in [1.29, 1.82) is 0 Å². The summed E-state index contributed by atoms with van der Waals surface area (Å²) in [6, 6.07) is 14.1. The van der Waals surface area contributed by atoms with Gasteiger partial charge in [0.2, 0.25) is 11.8 Å². The smallest absolute Gasteiger partial charge is 0.248 e. The molecule has 24 heavy (non-hydrogen) atoms. The monoisotopic (exact) mass is 345 g/mol.